The van der Waals surface area contributed by atoms with Crippen LogP contribution in [-0.2, 0) is 24.4 Å². The summed E-state index contributed by atoms with van der Waals surface area (Å²) in [7, 11) is -2.17. The summed E-state index contributed by atoms with van der Waals surface area (Å²) in [5.74, 6) is -2.10. The van der Waals surface area contributed by atoms with Crippen molar-refractivity contribution in [3.63, 3.8) is 0 Å². The van der Waals surface area contributed by atoms with Gasteiger partial charge in [0.05, 0.1) is 12.3 Å². The number of fused-ring (bicyclic) bond motifs is 2. The Labute approximate surface area is 147 Å². The zero-order valence-corrected chi connectivity index (χ0v) is 15.5. The number of rotatable bonds is 7. The van der Waals surface area contributed by atoms with Gasteiger partial charge in [-0.25, -0.2) is 13.1 Å². The van der Waals surface area contributed by atoms with Crippen molar-refractivity contribution in [2.75, 3.05) is 25.9 Å². The van der Waals surface area contributed by atoms with E-state index in [1.54, 1.807) is 7.05 Å². The van der Waals surface area contributed by atoms with E-state index < -0.39 is 33.9 Å². The van der Waals surface area contributed by atoms with Crippen molar-refractivity contribution in [2.45, 2.75) is 33.1 Å². The molecule has 0 aromatic heterocycles. The fraction of sp³-hybridized carbons (Fsp3) is 0.800. The number of carboxylic acid groups (broad SMARTS) is 2. The van der Waals surface area contributed by atoms with Gasteiger partial charge in [-0.3, -0.25) is 14.4 Å². The first-order valence-corrected chi connectivity index (χ1v) is 9.62. The first-order valence-electron chi connectivity index (χ1n) is 7.97. The minimum atomic E-state index is -3.76. The lowest BCUT2D eigenvalue weighted by Crippen LogP contribution is -2.46. The van der Waals surface area contributed by atoms with Crippen molar-refractivity contribution in [3.05, 3.63) is 0 Å². The molecule has 9 nitrogen and oxygen atoms in total. The molecule has 0 saturated heterocycles. The summed E-state index contributed by atoms with van der Waals surface area (Å²) in [6, 6.07) is 0. The normalized spacial score (nSPS) is 26.8. The van der Waals surface area contributed by atoms with Gasteiger partial charge in [-0.1, -0.05) is 13.8 Å². The molecule has 2 atom stereocenters. The fourth-order valence-corrected chi connectivity index (χ4v) is 5.58. The molecule has 0 heterocycles. The molecule has 144 valence electrons. The standard InChI is InChI=1S/C12H19NO5S.C3H7NO2/c1-11(2)8-3-4-12(11,9(14)5-8)7-19(17,18)13-6-10(15)16;1-4-2-3(5)6/h8,13H,3-7H2,1-2H3,(H,15,16);4H,2H2,1H3,(H,5,6). The van der Waals surface area contributed by atoms with Crippen LogP contribution >= 0.6 is 0 Å². The Balaban J connectivity index is 0.000000450. The second kappa shape index (κ2) is 7.79. The highest BCUT2D eigenvalue weighted by Crippen LogP contribution is 2.64. The average molecular weight is 378 g/mol. The molecule has 2 saturated carbocycles. The Morgan fingerprint density at radius 3 is 2.08 bits per heavy atom. The van der Waals surface area contributed by atoms with Crippen LogP contribution in [0.4, 0.5) is 0 Å². The Bertz CT molecular complexity index is 644. The lowest BCUT2D eigenvalue weighted by atomic mass is 9.70. The Kier molecular flexibility index (Phi) is 6.71. The van der Waals surface area contributed by atoms with Crippen LogP contribution in [0.3, 0.4) is 0 Å². The van der Waals surface area contributed by atoms with E-state index in [-0.39, 0.29) is 29.4 Å². The maximum atomic E-state index is 12.2. The summed E-state index contributed by atoms with van der Waals surface area (Å²) in [5.41, 5.74) is -1.18. The van der Waals surface area contributed by atoms with Crippen molar-refractivity contribution in [1.29, 1.82) is 0 Å². The van der Waals surface area contributed by atoms with Crippen LogP contribution in [0.15, 0.2) is 0 Å². The number of nitrogens with one attached hydrogen (secondary N) is 2. The van der Waals surface area contributed by atoms with Crippen molar-refractivity contribution in [1.82, 2.24) is 10.0 Å². The third-order valence-electron chi connectivity index (χ3n) is 5.35. The molecule has 10 heteroatoms. The van der Waals surface area contributed by atoms with Gasteiger partial charge in [0.2, 0.25) is 10.0 Å². The summed E-state index contributed by atoms with van der Waals surface area (Å²) in [6.07, 6.45) is 1.89. The molecule has 0 spiro atoms. The van der Waals surface area contributed by atoms with Crippen LogP contribution < -0.4 is 10.0 Å². The number of carboxylic acids is 2. The van der Waals surface area contributed by atoms with Gasteiger partial charge in [-0.2, -0.15) is 0 Å². The van der Waals surface area contributed by atoms with E-state index in [0.717, 1.165) is 6.42 Å². The molecule has 2 aliphatic rings. The number of carbonyl (C=O) groups is 3. The van der Waals surface area contributed by atoms with Crippen LogP contribution in [-0.4, -0.2) is 62.2 Å². The highest BCUT2D eigenvalue weighted by atomic mass is 32.2. The van der Waals surface area contributed by atoms with Crippen molar-refractivity contribution in [3.8, 4) is 0 Å². The van der Waals surface area contributed by atoms with Gasteiger partial charge >= 0.3 is 11.9 Å². The Morgan fingerprint density at radius 2 is 1.76 bits per heavy atom. The zero-order chi connectivity index (χ0) is 19.5. The Morgan fingerprint density at radius 1 is 1.20 bits per heavy atom. The van der Waals surface area contributed by atoms with Crippen LogP contribution in [0.2, 0.25) is 0 Å². The van der Waals surface area contributed by atoms with Gasteiger partial charge in [-0.05, 0) is 31.2 Å². The second-order valence-corrected chi connectivity index (χ2v) is 8.87. The first kappa shape index (κ1) is 21.5. The van der Waals surface area contributed by atoms with E-state index in [2.05, 4.69) is 5.32 Å². The summed E-state index contributed by atoms with van der Waals surface area (Å²) >= 11 is 0. The summed E-state index contributed by atoms with van der Waals surface area (Å²) < 4.78 is 26.0. The van der Waals surface area contributed by atoms with Gasteiger partial charge < -0.3 is 15.5 Å². The molecule has 2 fully saturated rings. The van der Waals surface area contributed by atoms with E-state index in [9.17, 15) is 22.8 Å². The second-order valence-electron chi connectivity index (χ2n) is 7.06. The van der Waals surface area contributed by atoms with Crippen LogP contribution in [0.1, 0.15) is 33.1 Å². The van der Waals surface area contributed by atoms with Gasteiger partial charge in [0.15, 0.2) is 0 Å². The maximum Gasteiger partial charge on any atom is 0.318 e. The molecule has 2 rings (SSSR count). The number of sulfonamides is 1. The van der Waals surface area contributed by atoms with Crippen LogP contribution in [0.25, 0.3) is 0 Å². The topological polar surface area (TPSA) is 150 Å². The summed E-state index contributed by atoms with van der Waals surface area (Å²) in [5, 5.41) is 18.8. The molecule has 0 aromatic carbocycles. The summed E-state index contributed by atoms with van der Waals surface area (Å²) in [4.78, 5) is 32.2. The zero-order valence-electron chi connectivity index (χ0n) is 14.7. The lowest BCUT2D eigenvalue weighted by molar-refractivity contribution is -0.136. The molecule has 2 unspecified atom stereocenters. The van der Waals surface area contributed by atoms with Crippen molar-refractivity contribution < 1.29 is 33.0 Å². The quantitative estimate of drug-likeness (QED) is 0.470. The Hall–Kier alpha value is -1.52. The number of aliphatic carboxylic acids is 2. The van der Waals surface area contributed by atoms with Gasteiger partial charge in [-0.15, -0.1) is 0 Å². The van der Waals surface area contributed by atoms with E-state index in [0.29, 0.717) is 12.8 Å². The lowest BCUT2D eigenvalue weighted by Gasteiger charge is -2.36. The molecule has 2 aliphatic carbocycles. The minimum Gasteiger partial charge on any atom is -0.480 e. The first-order chi connectivity index (χ1) is 11.4. The van der Waals surface area contributed by atoms with Gasteiger partial charge in [0, 0.05) is 11.8 Å². The molecular formula is C15H26N2O7S. The highest BCUT2D eigenvalue weighted by Gasteiger charge is 2.65. The molecule has 25 heavy (non-hydrogen) atoms. The van der Waals surface area contributed by atoms with E-state index >= 15 is 0 Å². The smallest absolute Gasteiger partial charge is 0.318 e. The predicted octanol–water partition coefficient (Wildman–Crippen LogP) is -0.324. The third-order valence-corrected chi connectivity index (χ3v) is 6.80. The molecule has 0 aromatic rings. The predicted molar refractivity (Wildman–Crippen MR) is 89.5 cm³/mol. The summed E-state index contributed by atoms with van der Waals surface area (Å²) in [6.45, 7) is 3.29. The molecule has 2 bridgehead atoms. The fourth-order valence-electron chi connectivity index (χ4n) is 3.81. The van der Waals surface area contributed by atoms with Crippen LogP contribution in [0.5, 0.6) is 0 Å². The molecular weight excluding hydrogens is 352 g/mol. The largest absolute Gasteiger partial charge is 0.480 e. The van der Waals surface area contributed by atoms with Gasteiger partial charge in [0.1, 0.15) is 12.3 Å². The van der Waals surface area contributed by atoms with E-state index in [1.165, 1.54) is 0 Å². The third kappa shape index (κ3) is 4.77. The molecule has 0 radical (unpaired) electrons. The number of likely N-dealkylation sites (N-methyl/N-ethyl adjacent to an activating group) is 1. The van der Waals surface area contributed by atoms with E-state index in [1.807, 2.05) is 18.6 Å². The molecule has 0 aliphatic heterocycles. The average Bonchev–Trinajstić information content (AvgIpc) is 2.79. The van der Waals surface area contributed by atoms with Crippen molar-refractivity contribution in [2.24, 2.45) is 16.7 Å². The molecule has 0 amide bonds. The monoisotopic (exact) mass is 378 g/mol. The number of carbonyl (C=O) groups excluding carboxylic acids is 1. The molecule has 4 N–H and O–H groups in total. The number of hydrogen-bond acceptors (Lipinski definition) is 6. The number of Topliss-reactive ketones (excluding diaryl/α,β-unsaturated/α-hetero) is 1. The van der Waals surface area contributed by atoms with Crippen molar-refractivity contribution >= 4 is 27.7 Å². The van der Waals surface area contributed by atoms with E-state index in [4.69, 9.17) is 10.2 Å². The SMILES string of the molecule is CC1(C)C2CCC1(CS(=O)(=O)NCC(=O)O)C(=O)C2.CNCC(=O)O. The van der Waals surface area contributed by atoms with Crippen LogP contribution in [0, 0.1) is 16.7 Å². The number of ketones is 1. The number of hydrogen-bond donors (Lipinski definition) is 4. The maximum absolute atomic E-state index is 12.2. The minimum absolute atomic E-state index is 0.00875. The highest BCUT2D eigenvalue weighted by molar-refractivity contribution is 7.89. The van der Waals surface area contributed by atoms with Gasteiger partial charge in [0.25, 0.3) is 0 Å².